The zero-order valence-electron chi connectivity index (χ0n) is 18.6. The minimum Gasteiger partial charge on any atom is -0.355 e. The summed E-state index contributed by atoms with van der Waals surface area (Å²) < 4.78 is 26.3. The third kappa shape index (κ3) is 8.32. The van der Waals surface area contributed by atoms with E-state index in [4.69, 9.17) is 0 Å². The highest BCUT2D eigenvalue weighted by molar-refractivity contribution is 14.0. The molecule has 30 heavy (non-hydrogen) atoms. The molecule has 1 atom stereocenters. The molecule has 1 aromatic rings. The van der Waals surface area contributed by atoms with Crippen LogP contribution < -0.4 is 15.4 Å². The van der Waals surface area contributed by atoms with Crippen molar-refractivity contribution in [1.82, 2.24) is 20.3 Å². The lowest BCUT2D eigenvalue weighted by atomic mass is 10.0. The highest BCUT2D eigenvalue weighted by atomic mass is 127. The monoisotopic (exact) mass is 551 g/mol. The van der Waals surface area contributed by atoms with Crippen molar-refractivity contribution >= 4 is 40.0 Å². The van der Waals surface area contributed by atoms with Gasteiger partial charge in [-0.25, -0.2) is 13.1 Å². The van der Waals surface area contributed by atoms with Crippen LogP contribution in [0.4, 0.5) is 0 Å². The first kappa shape index (κ1) is 27.1. The fraction of sp³-hybridized carbons (Fsp3) is 0.667. The van der Waals surface area contributed by atoms with Crippen LogP contribution in [-0.4, -0.2) is 59.0 Å². The normalized spacial score (nSPS) is 17.2. The average Bonchev–Trinajstić information content (AvgIpc) is 3.00. The van der Waals surface area contributed by atoms with Crippen LogP contribution in [0.5, 0.6) is 0 Å². The Bertz CT molecular complexity index is 762. The number of hydrogen-bond donors (Lipinski definition) is 3. The summed E-state index contributed by atoms with van der Waals surface area (Å²) in [6.45, 7) is 8.24. The molecular weight excluding hydrogens is 513 g/mol. The molecule has 1 aliphatic rings. The molecule has 0 aliphatic carbocycles. The Morgan fingerprint density at radius 1 is 1.13 bits per heavy atom. The van der Waals surface area contributed by atoms with E-state index in [-0.39, 0.29) is 28.9 Å². The number of nitrogens with zero attached hydrogens (tertiary/aromatic N) is 2. The molecule has 0 saturated carbocycles. The van der Waals surface area contributed by atoms with E-state index in [0.29, 0.717) is 18.5 Å². The first-order valence-corrected chi connectivity index (χ1v) is 12.1. The summed E-state index contributed by atoms with van der Waals surface area (Å²) in [5, 5.41) is 6.76. The number of likely N-dealkylation sites (tertiary alicyclic amines) is 1. The third-order valence-corrected chi connectivity index (χ3v) is 6.93. The van der Waals surface area contributed by atoms with Crippen LogP contribution in [0.3, 0.4) is 0 Å². The summed E-state index contributed by atoms with van der Waals surface area (Å²) >= 11 is 0. The van der Waals surface area contributed by atoms with Gasteiger partial charge in [-0.2, -0.15) is 0 Å². The molecular formula is C21H38IN5O2S. The van der Waals surface area contributed by atoms with Gasteiger partial charge in [-0.1, -0.05) is 38.8 Å². The van der Waals surface area contributed by atoms with E-state index in [1.807, 2.05) is 6.07 Å². The Morgan fingerprint density at radius 2 is 1.80 bits per heavy atom. The third-order valence-electron chi connectivity index (χ3n) is 5.52. The second-order valence-corrected chi connectivity index (χ2v) is 9.81. The van der Waals surface area contributed by atoms with Gasteiger partial charge in [-0.15, -0.1) is 24.0 Å². The molecule has 7 nitrogen and oxygen atoms in total. The van der Waals surface area contributed by atoms with E-state index >= 15 is 0 Å². The summed E-state index contributed by atoms with van der Waals surface area (Å²) in [6.07, 6.45) is 5.23. The number of guanidine groups is 1. The van der Waals surface area contributed by atoms with Crippen molar-refractivity contribution in [1.29, 1.82) is 0 Å². The van der Waals surface area contributed by atoms with Gasteiger partial charge >= 0.3 is 0 Å². The van der Waals surface area contributed by atoms with Crippen LogP contribution in [0.25, 0.3) is 0 Å². The Hall–Kier alpha value is -0.910. The van der Waals surface area contributed by atoms with E-state index in [2.05, 4.69) is 39.1 Å². The van der Waals surface area contributed by atoms with Crippen molar-refractivity contribution in [3.8, 4) is 0 Å². The van der Waals surface area contributed by atoms with Crippen molar-refractivity contribution in [2.75, 3.05) is 33.7 Å². The topological polar surface area (TPSA) is 85.8 Å². The Morgan fingerprint density at radius 3 is 2.37 bits per heavy atom. The van der Waals surface area contributed by atoms with Crippen molar-refractivity contribution < 1.29 is 8.42 Å². The number of hydrogen-bond acceptors (Lipinski definition) is 4. The molecule has 2 rings (SSSR count). The molecule has 0 aromatic heterocycles. The molecule has 1 aliphatic heterocycles. The van der Waals surface area contributed by atoms with Gasteiger partial charge in [0, 0.05) is 26.2 Å². The predicted molar refractivity (Wildman–Crippen MR) is 135 cm³/mol. The van der Waals surface area contributed by atoms with Gasteiger partial charge in [-0.05, 0) is 56.6 Å². The number of rotatable bonds is 8. The van der Waals surface area contributed by atoms with Crippen LogP contribution in [0, 0.1) is 5.92 Å². The number of sulfonamides is 1. The molecule has 1 unspecified atom stereocenters. The zero-order chi connectivity index (χ0) is 21.3. The molecule has 3 N–H and O–H groups in total. The highest BCUT2D eigenvalue weighted by Crippen LogP contribution is 2.17. The Kier molecular flexibility index (Phi) is 12.2. The SMILES string of the molecule is CN=C(NCc1cccc(S(=O)(=O)NC)c1)NCC(C(C)C)N1CCCCCC1.I. The van der Waals surface area contributed by atoms with Gasteiger partial charge in [0.2, 0.25) is 10.0 Å². The van der Waals surface area contributed by atoms with Crippen LogP contribution >= 0.6 is 24.0 Å². The smallest absolute Gasteiger partial charge is 0.240 e. The molecule has 172 valence electrons. The van der Waals surface area contributed by atoms with Crippen LogP contribution in [0.2, 0.25) is 0 Å². The number of halogens is 1. The first-order chi connectivity index (χ1) is 13.9. The maximum Gasteiger partial charge on any atom is 0.240 e. The Labute approximate surface area is 199 Å². The van der Waals surface area contributed by atoms with Gasteiger partial charge < -0.3 is 10.6 Å². The summed E-state index contributed by atoms with van der Waals surface area (Å²) in [5.74, 6) is 1.29. The van der Waals surface area contributed by atoms with Crippen LogP contribution in [0.1, 0.15) is 45.1 Å². The van der Waals surface area contributed by atoms with Gasteiger partial charge in [-0.3, -0.25) is 9.89 Å². The fourth-order valence-corrected chi connectivity index (χ4v) is 4.56. The molecule has 9 heteroatoms. The lowest BCUT2D eigenvalue weighted by molar-refractivity contribution is 0.161. The maximum absolute atomic E-state index is 12.0. The van der Waals surface area contributed by atoms with Gasteiger partial charge in [0.15, 0.2) is 5.96 Å². The van der Waals surface area contributed by atoms with Crippen molar-refractivity contribution in [2.45, 2.75) is 57.0 Å². The molecule has 1 saturated heterocycles. The van der Waals surface area contributed by atoms with E-state index < -0.39 is 10.0 Å². The van der Waals surface area contributed by atoms with Crippen LogP contribution in [0.15, 0.2) is 34.2 Å². The summed E-state index contributed by atoms with van der Waals surface area (Å²) in [4.78, 5) is 7.21. The van der Waals surface area contributed by atoms with Crippen molar-refractivity contribution in [2.24, 2.45) is 10.9 Å². The quantitative estimate of drug-likeness (QED) is 0.263. The summed E-state index contributed by atoms with van der Waals surface area (Å²) in [7, 11) is -0.265. The first-order valence-electron chi connectivity index (χ1n) is 10.6. The molecule has 0 amide bonds. The molecule has 0 radical (unpaired) electrons. The average molecular weight is 552 g/mol. The van der Waals surface area contributed by atoms with Gasteiger partial charge in [0.05, 0.1) is 4.90 Å². The fourth-order valence-electron chi connectivity index (χ4n) is 3.76. The molecule has 1 fully saturated rings. The number of benzene rings is 1. The molecule has 0 bridgehead atoms. The second-order valence-electron chi connectivity index (χ2n) is 7.92. The summed E-state index contributed by atoms with van der Waals surface area (Å²) in [5.41, 5.74) is 0.886. The van der Waals surface area contributed by atoms with E-state index in [1.54, 1.807) is 25.2 Å². The van der Waals surface area contributed by atoms with Crippen LogP contribution in [-0.2, 0) is 16.6 Å². The highest BCUT2D eigenvalue weighted by Gasteiger charge is 2.23. The van der Waals surface area contributed by atoms with Crippen molar-refractivity contribution in [3.05, 3.63) is 29.8 Å². The summed E-state index contributed by atoms with van der Waals surface area (Å²) in [6, 6.07) is 7.40. The maximum atomic E-state index is 12.0. The lowest BCUT2D eigenvalue weighted by Crippen LogP contribution is -2.49. The largest absolute Gasteiger partial charge is 0.355 e. The minimum absolute atomic E-state index is 0. The zero-order valence-corrected chi connectivity index (χ0v) is 21.8. The predicted octanol–water partition coefficient (Wildman–Crippen LogP) is 2.78. The van der Waals surface area contributed by atoms with Gasteiger partial charge in [0.1, 0.15) is 0 Å². The minimum atomic E-state index is -3.44. The standard InChI is InChI=1S/C21H37N5O2S.HI/c1-17(2)20(26-12-7-5-6-8-13-26)16-25-21(22-3)24-15-18-10-9-11-19(14-18)29(27,28)23-4;/h9-11,14,17,20,23H,5-8,12-13,15-16H2,1-4H3,(H2,22,24,25);1H. The van der Waals surface area contributed by atoms with E-state index in [0.717, 1.165) is 18.1 Å². The number of nitrogens with one attached hydrogen (secondary N) is 3. The van der Waals surface area contributed by atoms with E-state index in [1.165, 1.54) is 45.8 Å². The second kappa shape index (κ2) is 13.5. The molecule has 1 heterocycles. The number of aliphatic imine (C=N–C) groups is 1. The Balaban J connectivity index is 0.00000450. The van der Waals surface area contributed by atoms with E-state index in [9.17, 15) is 8.42 Å². The molecule has 0 spiro atoms. The van der Waals surface area contributed by atoms with Crippen molar-refractivity contribution in [3.63, 3.8) is 0 Å². The lowest BCUT2D eigenvalue weighted by Gasteiger charge is -2.34. The van der Waals surface area contributed by atoms with Gasteiger partial charge in [0.25, 0.3) is 0 Å². The molecule has 1 aromatic carbocycles.